The topological polar surface area (TPSA) is 139 Å². The highest BCUT2D eigenvalue weighted by Crippen LogP contribution is 2.35. The van der Waals surface area contributed by atoms with Gasteiger partial charge in [-0.05, 0) is 60.6 Å². The molecule has 1 saturated heterocycles. The third kappa shape index (κ3) is 7.69. The minimum absolute atomic E-state index is 0.0210. The van der Waals surface area contributed by atoms with Crippen LogP contribution >= 0.6 is 11.6 Å². The number of aryl methyl sites for hydroxylation is 1. The van der Waals surface area contributed by atoms with E-state index in [0.717, 1.165) is 12.8 Å². The molecular formula is C28H30ClN3O6S2. The van der Waals surface area contributed by atoms with Crippen LogP contribution in [0, 0.1) is 0 Å². The largest absolute Gasteiger partial charge is 0.355 e. The number of nitrogens with one attached hydrogen (secondary N) is 3. The van der Waals surface area contributed by atoms with E-state index in [1.165, 1.54) is 29.8 Å². The number of halogens is 1. The van der Waals surface area contributed by atoms with Gasteiger partial charge in [0.05, 0.1) is 11.3 Å². The van der Waals surface area contributed by atoms with Crippen LogP contribution in [0.2, 0.25) is 5.02 Å². The molecule has 4 rings (SSSR count). The average molecular weight is 604 g/mol. The van der Waals surface area contributed by atoms with Crippen molar-refractivity contribution in [3.63, 3.8) is 0 Å². The van der Waals surface area contributed by atoms with Gasteiger partial charge in [0.2, 0.25) is 31.9 Å². The van der Waals surface area contributed by atoms with Gasteiger partial charge in [-0.1, -0.05) is 72.3 Å². The fraction of sp³-hybridized carbons (Fsp3) is 0.286. The molecule has 1 fully saturated rings. The molecule has 3 aromatic rings. The van der Waals surface area contributed by atoms with Crippen LogP contribution in [0.4, 0.5) is 0 Å². The van der Waals surface area contributed by atoms with Crippen molar-refractivity contribution in [2.24, 2.45) is 0 Å². The minimum Gasteiger partial charge on any atom is -0.355 e. The van der Waals surface area contributed by atoms with Crippen molar-refractivity contribution in [1.29, 1.82) is 0 Å². The Morgan fingerprint density at radius 2 is 1.65 bits per heavy atom. The highest BCUT2D eigenvalue weighted by Gasteiger charge is 2.39. The van der Waals surface area contributed by atoms with Gasteiger partial charge in [-0.25, -0.2) is 16.8 Å². The second kappa shape index (κ2) is 12.9. The number of unbranched alkanes of at least 4 members (excludes halogenated alkanes) is 1. The van der Waals surface area contributed by atoms with Crippen LogP contribution in [0.1, 0.15) is 41.2 Å². The lowest BCUT2D eigenvalue weighted by Crippen LogP contribution is -2.48. The number of carbonyl (C=O) groups excluding carboxylic acids is 2. The first-order valence-corrected chi connectivity index (χ1v) is 16.2. The molecule has 2 unspecified atom stereocenters. The Kier molecular flexibility index (Phi) is 9.62. The molecule has 0 aliphatic carbocycles. The van der Waals surface area contributed by atoms with Crippen LogP contribution in [-0.4, -0.2) is 41.2 Å². The van der Waals surface area contributed by atoms with E-state index < -0.39 is 43.2 Å². The molecular weight excluding hydrogens is 574 g/mol. The van der Waals surface area contributed by atoms with Gasteiger partial charge >= 0.3 is 0 Å². The first-order chi connectivity index (χ1) is 19.0. The number of carbonyl (C=O) groups is 2. The van der Waals surface area contributed by atoms with Crippen molar-refractivity contribution in [1.82, 2.24) is 14.8 Å². The molecule has 2 atom stereocenters. The predicted octanol–water partition coefficient (Wildman–Crippen LogP) is 3.26. The van der Waals surface area contributed by atoms with E-state index in [0.29, 0.717) is 18.5 Å². The zero-order valence-corrected chi connectivity index (χ0v) is 23.9. The average Bonchev–Trinajstić information content (AvgIpc) is 3.20. The summed E-state index contributed by atoms with van der Waals surface area (Å²) in [5, 5.41) is 1.81. The highest BCUT2D eigenvalue weighted by atomic mass is 35.5. The van der Waals surface area contributed by atoms with E-state index in [1.807, 2.05) is 35.1 Å². The van der Waals surface area contributed by atoms with Gasteiger partial charge in [0.1, 0.15) is 11.3 Å². The maximum absolute atomic E-state index is 13.2. The predicted molar refractivity (Wildman–Crippen MR) is 153 cm³/mol. The first kappa shape index (κ1) is 29.7. The van der Waals surface area contributed by atoms with Crippen LogP contribution in [0.3, 0.4) is 0 Å². The van der Waals surface area contributed by atoms with Crippen molar-refractivity contribution in [3.05, 3.63) is 101 Å². The van der Waals surface area contributed by atoms with Gasteiger partial charge < -0.3 is 5.32 Å². The number of amides is 2. The quantitative estimate of drug-likeness (QED) is 0.272. The van der Waals surface area contributed by atoms with Crippen LogP contribution in [0.5, 0.6) is 0 Å². The lowest BCUT2D eigenvalue weighted by Gasteiger charge is -2.20. The zero-order chi connectivity index (χ0) is 28.8. The maximum atomic E-state index is 13.2. The summed E-state index contributed by atoms with van der Waals surface area (Å²) in [6, 6.07) is 21.1. The standard InChI is InChI=1S/C28H30ClN3O6S2/c29-24-17-21(14-15-23(24)26-19-27(33)32-40(26,37)38)18-25(31-39(35,36)22-12-5-2-6-13-22)28(34)30-16-8-7-11-20-9-3-1-4-10-20/h1-6,9-10,12-15,17,25-26,31H,7-8,11,16,18-19H2,(H,30,34)(H,32,33). The molecule has 3 aromatic carbocycles. The van der Waals surface area contributed by atoms with Crippen molar-refractivity contribution >= 4 is 43.5 Å². The molecule has 12 heteroatoms. The van der Waals surface area contributed by atoms with Gasteiger partial charge in [0, 0.05) is 11.6 Å². The van der Waals surface area contributed by atoms with E-state index >= 15 is 0 Å². The molecule has 2 amide bonds. The SMILES string of the molecule is O=C1CC(c2ccc(CC(NS(=O)(=O)c3ccccc3)C(=O)NCCCCc3ccccc3)cc2Cl)S(=O)(=O)N1. The monoisotopic (exact) mass is 603 g/mol. The van der Waals surface area contributed by atoms with Gasteiger partial charge in [0.25, 0.3) is 0 Å². The molecule has 9 nitrogen and oxygen atoms in total. The van der Waals surface area contributed by atoms with Crippen molar-refractivity contribution in [3.8, 4) is 0 Å². The molecule has 3 N–H and O–H groups in total. The van der Waals surface area contributed by atoms with E-state index in [-0.39, 0.29) is 28.3 Å². The third-order valence-electron chi connectivity index (χ3n) is 6.55. The fourth-order valence-corrected chi connectivity index (χ4v) is 7.57. The fourth-order valence-electron chi connectivity index (χ4n) is 4.50. The Morgan fingerprint density at radius 3 is 2.27 bits per heavy atom. The summed E-state index contributed by atoms with van der Waals surface area (Å²) in [6.07, 6.45) is 2.15. The Morgan fingerprint density at radius 1 is 0.975 bits per heavy atom. The summed E-state index contributed by atoms with van der Waals surface area (Å²) < 4.78 is 55.1. The van der Waals surface area contributed by atoms with E-state index in [9.17, 15) is 26.4 Å². The molecule has 0 radical (unpaired) electrons. The number of hydrogen-bond acceptors (Lipinski definition) is 6. The Hall–Kier alpha value is -3.25. The number of benzene rings is 3. The Balaban J connectivity index is 1.47. The third-order valence-corrected chi connectivity index (χ3v) is 10.1. The van der Waals surface area contributed by atoms with Gasteiger partial charge in [-0.2, -0.15) is 4.72 Å². The van der Waals surface area contributed by atoms with Crippen LogP contribution < -0.4 is 14.8 Å². The van der Waals surface area contributed by atoms with Crippen LogP contribution in [-0.2, 0) is 42.5 Å². The van der Waals surface area contributed by atoms with Crippen molar-refractivity contribution < 1.29 is 26.4 Å². The molecule has 0 saturated carbocycles. The second-order valence-corrected chi connectivity index (χ2v) is 13.5. The van der Waals surface area contributed by atoms with Gasteiger partial charge in [-0.3, -0.25) is 14.3 Å². The summed E-state index contributed by atoms with van der Waals surface area (Å²) in [5.41, 5.74) is 1.98. The van der Waals surface area contributed by atoms with E-state index in [1.54, 1.807) is 24.3 Å². The molecule has 1 aliphatic rings. The van der Waals surface area contributed by atoms with E-state index in [2.05, 4.69) is 10.0 Å². The lowest BCUT2D eigenvalue weighted by atomic mass is 10.0. The molecule has 212 valence electrons. The zero-order valence-electron chi connectivity index (χ0n) is 21.5. The molecule has 0 aromatic heterocycles. The molecule has 0 spiro atoms. The minimum atomic E-state index is -4.02. The normalized spacial score (nSPS) is 17.2. The first-order valence-electron chi connectivity index (χ1n) is 12.8. The molecule has 1 aliphatic heterocycles. The highest BCUT2D eigenvalue weighted by molar-refractivity contribution is 7.90. The van der Waals surface area contributed by atoms with Gasteiger partial charge in [-0.15, -0.1) is 0 Å². The summed E-state index contributed by atoms with van der Waals surface area (Å²) in [7, 11) is -7.91. The summed E-state index contributed by atoms with van der Waals surface area (Å²) in [5.74, 6) is -1.10. The van der Waals surface area contributed by atoms with E-state index in [4.69, 9.17) is 11.6 Å². The number of sulfonamides is 2. The number of hydrogen-bond donors (Lipinski definition) is 3. The van der Waals surface area contributed by atoms with Crippen molar-refractivity contribution in [2.45, 2.75) is 48.3 Å². The van der Waals surface area contributed by atoms with Crippen molar-refractivity contribution in [2.75, 3.05) is 6.54 Å². The summed E-state index contributed by atoms with van der Waals surface area (Å²) in [6.45, 7) is 0.371. The van der Waals surface area contributed by atoms with Crippen LogP contribution in [0.25, 0.3) is 0 Å². The Labute approximate surface area is 239 Å². The molecule has 40 heavy (non-hydrogen) atoms. The van der Waals surface area contributed by atoms with Gasteiger partial charge in [0.15, 0.2) is 0 Å². The van der Waals surface area contributed by atoms with Crippen LogP contribution in [0.15, 0.2) is 83.8 Å². The molecule has 1 heterocycles. The summed E-state index contributed by atoms with van der Waals surface area (Å²) in [4.78, 5) is 24.8. The summed E-state index contributed by atoms with van der Waals surface area (Å²) >= 11 is 6.40. The maximum Gasteiger partial charge on any atom is 0.242 e. The Bertz CT molecular complexity index is 1570. The molecule has 0 bridgehead atoms. The smallest absolute Gasteiger partial charge is 0.242 e. The lowest BCUT2D eigenvalue weighted by molar-refractivity contribution is -0.122. The number of rotatable bonds is 12. The second-order valence-electron chi connectivity index (χ2n) is 9.54.